The van der Waals surface area contributed by atoms with E-state index in [-0.39, 0.29) is 0 Å². The first-order valence-electron chi connectivity index (χ1n) is 6.47. The Morgan fingerprint density at radius 2 is 2.05 bits per heavy atom. The standard InChI is InChI=1S/C14H18N2O3S2/c1-10-9-13(11(2)8-12(10)19-3)21(17,18)16-5-4-14-15-6-7-20-14/h6-9,16H,4-5H2,1-3H3. The zero-order chi connectivity index (χ0) is 15.5. The minimum Gasteiger partial charge on any atom is -0.496 e. The van der Waals surface area contributed by atoms with Crippen molar-refractivity contribution >= 4 is 21.4 Å². The number of benzene rings is 1. The van der Waals surface area contributed by atoms with E-state index >= 15 is 0 Å². The minimum atomic E-state index is -3.52. The van der Waals surface area contributed by atoms with Crippen LogP contribution in [0.15, 0.2) is 28.6 Å². The van der Waals surface area contributed by atoms with Gasteiger partial charge in [-0.1, -0.05) is 0 Å². The van der Waals surface area contributed by atoms with Crippen molar-refractivity contribution in [1.29, 1.82) is 0 Å². The highest BCUT2D eigenvalue weighted by Crippen LogP contribution is 2.25. The lowest BCUT2D eigenvalue weighted by Gasteiger charge is -2.12. The summed E-state index contributed by atoms with van der Waals surface area (Å²) < 4.78 is 32.5. The number of aryl methyl sites for hydroxylation is 2. The second kappa shape index (κ2) is 6.55. The van der Waals surface area contributed by atoms with Crippen LogP contribution in [0, 0.1) is 13.8 Å². The number of rotatable bonds is 6. The first-order chi connectivity index (χ1) is 9.94. The fourth-order valence-corrected chi connectivity index (χ4v) is 3.98. The van der Waals surface area contributed by atoms with Gasteiger partial charge in [-0.2, -0.15) is 0 Å². The van der Waals surface area contributed by atoms with E-state index in [1.807, 2.05) is 12.3 Å². The second-order valence-electron chi connectivity index (χ2n) is 4.66. The fraction of sp³-hybridized carbons (Fsp3) is 0.357. The van der Waals surface area contributed by atoms with E-state index in [2.05, 4.69) is 9.71 Å². The normalized spacial score (nSPS) is 11.6. The third-order valence-corrected chi connectivity index (χ3v) is 5.54. The maximum absolute atomic E-state index is 12.4. The van der Waals surface area contributed by atoms with E-state index in [1.54, 1.807) is 32.4 Å². The predicted octanol–water partition coefficient (Wildman–Crippen LogP) is 2.29. The molecule has 21 heavy (non-hydrogen) atoms. The molecule has 114 valence electrons. The number of nitrogens with one attached hydrogen (secondary N) is 1. The van der Waals surface area contributed by atoms with Crippen molar-refractivity contribution in [3.8, 4) is 5.75 Å². The van der Waals surface area contributed by atoms with E-state index in [4.69, 9.17) is 4.74 Å². The van der Waals surface area contributed by atoms with Gasteiger partial charge in [-0.15, -0.1) is 11.3 Å². The van der Waals surface area contributed by atoms with Crippen molar-refractivity contribution in [2.75, 3.05) is 13.7 Å². The number of hydrogen-bond acceptors (Lipinski definition) is 5. The highest BCUT2D eigenvalue weighted by atomic mass is 32.2. The maximum Gasteiger partial charge on any atom is 0.240 e. The van der Waals surface area contributed by atoms with Crippen LogP contribution >= 0.6 is 11.3 Å². The van der Waals surface area contributed by atoms with Crippen molar-refractivity contribution in [2.24, 2.45) is 0 Å². The topological polar surface area (TPSA) is 68.3 Å². The Morgan fingerprint density at radius 3 is 2.67 bits per heavy atom. The van der Waals surface area contributed by atoms with Gasteiger partial charge in [0.1, 0.15) is 5.75 Å². The first-order valence-corrected chi connectivity index (χ1v) is 8.83. The summed E-state index contributed by atoms with van der Waals surface area (Å²) in [5.74, 6) is 0.689. The second-order valence-corrected chi connectivity index (χ2v) is 7.38. The molecule has 0 bridgehead atoms. The highest BCUT2D eigenvalue weighted by Gasteiger charge is 2.18. The monoisotopic (exact) mass is 326 g/mol. The lowest BCUT2D eigenvalue weighted by atomic mass is 10.1. The van der Waals surface area contributed by atoms with Gasteiger partial charge in [-0.05, 0) is 37.1 Å². The minimum absolute atomic E-state index is 0.292. The predicted molar refractivity (Wildman–Crippen MR) is 83.5 cm³/mol. The summed E-state index contributed by atoms with van der Waals surface area (Å²) in [7, 11) is -1.95. The van der Waals surface area contributed by atoms with Crippen LogP contribution in [-0.4, -0.2) is 27.1 Å². The number of thiazole rings is 1. The molecule has 0 spiro atoms. The summed E-state index contributed by atoms with van der Waals surface area (Å²) in [5.41, 5.74) is 1.46. The van der Waals surface area contributed by atoms with Gasteiger partial charge in [0.2, 0.25) is 10.0 Å². The number of hydrogen-bond donors (Lipinski definition) is 1. The lowest BCUT2D eigenvalue weighted by molar-refractivity contribution is 0.411. The van der Waals surface area contributed by atoms with Crippen LogP contribution in [0.3, 0.4) is 0 Å². The van der Waals surface area contributed by atoms with Gasteiger partial charge in [0.15, 0.2) is 0 Å². The summed E-state index contributed by atoms with van der Waals surface area (Å²) in [6, 6.07) is 3.38. The molecule has 1 aromatic heterocycles. The molecule has 2 aromatic rings. The van der Waals surface area contributed by atoms with Crippen LogP contribution in [-0.2, 0) is 16.4 Å². The van der Waals surface area contributed by atoms with Gasteiger partial charge in [0.05, 0.1) is 17.0 Å². The lowest BCUT2D eigenvalue weighted by Crippen LogP contribution is -2.26. The largest absolute Gasteiger partial charge is 0.496 e. The van der Waals surface area contributed by atoms with E-state index in [9.17, 15) is 8.42 Å². The molecular weight excluding hydrogens is 308 g/mol. The smallest absolute Gasteiger partial charge is 0.240 e. The Morgan fingerprint density at radius 1 is 1.29 bits per heavy atom. The van der Waals surface area contributed by atoms with Crippen LogP contribution in [0.5, 0.6) is 5.75 Å². The molecule has 1 N–H and O–H groups in total. The SMILES string of the molecule is COc1cc(C)c(S(=O)(=O)NCCc2nccs2)cc1C. The van der Waals surface area contributed by atoms with Gasteiger partial charge in [0, 0.05) is 24.5 Å². The number of methoxy groups -OCH3 is 1. The zero-order valence-corrected chi connectivity index (χ0v) is 13.8. The van der Waals surface area contributed by atoms with E-state index < -0.39 is 10.0 Å². The van der Waals surface area contributed by atoms with Crippen LogP contribution in [0.4, 0.5) is 0 Å². The van der Waals surface area contributed by atoms with Crippen LogP contribution in [0.1, 0.15) is 16.1 Å². The molecule has 7 heteroatoms. The number of sulfonamides is 1. The van der Waals surface area contributed by atoms with Crippen molar-refractivity contribution in [2.45, 2.75) is 25.2 Å². The average Bonchev–Trinajstić information content (AvgIpc) is 2.93. The number of aromatic nitrogens is 1. The molecule has 5 nitrogen and oxygen atoms in total. The third-order valence-electron chi connectivity index (χ3n) is 3.10. The molecule has 0 fully saturated rings. The molecule has 0 saturated heterocycles. The van der Waals surface area contributed by atoms with Crippen LogP contribution in [0.2, 0.25) is 0 Å². The molecule has 1 aromatic carbocycles. The maximum atomic E-state index is 12.4. The molecule has 0 aliphatic carbocycles. The van der Waals surface area contributed by atoms with Crippen molar-refractivity contribution in [3.05, 3.63) is 39.8 Å². The number of nitrogens with zero attached hydrogens (tertiary/aromatic N) is 1. The molecule has 0 radical (unpaired) electrons. The summed E-state index contributed by atoms with van der Waals surface area (Å²) in [5, 5.41) is 2.79. The molecule has 2 rings (SSSR count). The Hall–Kier alpha value is -1.44. The van der Waals surface area contributed by atoms with Gasteiger partial charge in [-0.25, -0.2) is 18.1 Å². The average molecular weight is 326 g/mol. The quantitative estimate of drug-likeness (QED) is 0.884. The molecule has 0 amide bonds. The van der Waals surface area contributed by atoms with Crippen LogP contribution < -0.4 is 9.46 Å². The molecule has 0 aliphatic rings. The Kier molecular flexibility index (Phi) is 4.97. The van der Waals surface area contributed by atoms with Crippen molar-refractivity contribution in [3.63, 3.8) is 0 Å². The van der Waals surface area contributed by atoms with Crippen molar-refractivity contribution in [1.82, 2.24) is 9.71 Å². The summed E-state index contributed by atoms with van der Waals surface area (Å²) >= 11 is 1.52. The van der Waals surface area contributed by atoms with E-state index in [1.165, 1.54) is 11.3 Å². The zero-order valence-electron chi connectivity index (χ0n) is 12.2. The van der Waals surface area contributed by atoms with E-state index in [0.29, 0.717) is 29.2 Å². The molecule has 0 saturated carbocycles. The summed E-state index contributed by atoms with van der Waals surface area (Å²) in [4.78, 5) is 4.42. The van der Waals surface area contributed by atoms with Gasteiger partial charge in [-0.3, -0.25) is 0 Å². The summed E-state index contributed by atoms with van der Waals surface area (Å²) in [6.45, 7) is 3.92. The number of ether oxygens (including phenoxy) is 1. The first kappa shape index (κ1) is 15.9. The molecular formula is C14H18N2O3S2. The molecule has 0 unspecified atom stereocenters. The molecule has 0 aliphatic heterocycles. The van der Waals surface area contributed by atoms with Gasteiger partial charge in [0.25, 0.3) is 0 Å². The van der Waals surface area contributed by atoms with Crippen LogP contribution in [0.25, 0.3) is 0 Å². The van der Waals surface area contributed by atoms with Gasteiger partial charge < -0.3 is 4.74 Å². The Balaban J connectivity index is 2.14. The van der Waals surface area contributed by atoms with E-state index in [0.717, 1.165) is 10.6 Å². The van der Waals surface area contributed by atoms with Gasteiger partial charge >= 0.3 is 0 Å². The highest BCUT2D eigenvalue weighted by molar-refractivity contribution is 7.89. The third kappa shape index (κ3) is 3.81. The van der Waals surface area contributed by atoms with Crippen molar-refractivity contribution < 1.29 is 13.2 Å². The molecule has 1 heterocycles. The summed E-state index contributed by atoms with van der Waals surface area (Å²) in [6.07, 6.45) is 2.30. The Bertz CT molecular complexity index is 710. The Labute approximate surface area is 129 Å². The molecule has 0 atom stereocenters. The fourth-order valence-electron chi connectivity index (χ4n) is 2.02.